The van der Waals surface area contributed by atoms with Crippen molar-refractivity contribution in [1.82, 2.24) is 9.78 Å². The summed E-state index contributed by atoms with van der Waals surface area (Å²) in [6.07, 6.45) is 2.80. The van der Waals surface area contributed by atoms with Gasteiger partial charge in [0.1, 0.15) is 0 Å². The van der Waals surface area contributed by atoms with E-state index in [1.807, 2.05) is 16.9 Å². The first kappa shape index (κ1) is 11.2. The maximum absolute atomic E-state index is 9.52. The lowest BCUT2D eigenvalue weighted by Gasteiger charge is -2.07. The van der Waals surface area contributed by atoms with Gasteiger partial charge >= 0.3 is 0 Å². The molecule has 3 N–H and O–H groups in total. The predicted molar refractivity (Wildman–Crippen MR) is 56.0 cm³/mol. The third-order valence-corrected chi connectivity index (χ3v) is 2.14. The molecule has 0 saturated heterocycles. The van der Waals surface area contributed by atoms with Crippen molar-refractivity contribution in [1.29, 1.82) is 0 Å². The van der Waals surface area contributed by atoms with Crippen LogP contribution in [-0.2, 0) is 6.42 Å². The number of aliphatic hydroxyl groups excluding tert-OH is 1. The molecule has 0 aliphatic carbocycles. The minimum Gasteiger partial charge on any atom is -0.393 e. The normalized spacial score (nSPS) is 13.5. The fourth-order valence-corrected chi connectivity index (χ4v) is 1.31. The van der Waals surface area contributed by atoms with E-state index in [-0.39, 0.29) is 6.10 Å². The van der Waals surface area contributed by atoms with Crippen molar-refractivity contribution in [2.45, 2.75) is 38.8 Å². The van der Waals surface area contributed by atoms with Crippen molar-refractivity contribution in [3.8, 4) is 0 Å². The molecule has 1 aromatic heterocycles. The SMILES string of the molecule is CC(C)n1ccc(CC(O)CCN)n1. The van der Waals surface area contributed by atoms with E-state index in [0.717, 1.165) is 5.69 Å². The van der Waals surface area contributed by atoms with Gasteiger partial charge in [-0.1, -0.05) is 0 Å². The standard InChI is InChI=1S/C10H19N3O/c1-8(2)13-6-4-9(12-13)7-10(14)3-5-11/h4,6,8,10,14H,3,5,7,11H2,1-2H3. The Balaban J connectivity index is 2.51. The zero-order chi connectivity index (χ0) is 10.6. The van der Waals surface area contributed by atoms with Crippen LogP contribution in [0.3, 0.4) is 0 Å². The van der Waals surface area contributed by atoms with Crippen LogP contribution in [0.2, 0.25) is 0 Å². The summed E-state index contributed by atoms with van der Waals surface area (Å²) in [5.41, 5.74) is 6.28. The van der Waals surface area contributed by atoms with E-state index in [9.17, 15) is 5.11 Å². The molecule has 0 aliphatic heterocycles. The Morgan fingerprint density at radius 2 is 2.29 bits per heavy atom. The second kappa shape index (κ2) is 5.12. The molecule has 4 heteroatoms. The lowest BCUT2D eigenvalue weighted by molar-refractivity contribution is 0.166. The van der Waals surface area contributed by atoms with Gasteiger partial charge in [0.15, 0.2) is 0 Å². The first-order valence-electron chi connectivity index (χ1n) is 5.05. The van der Waals surface area contributed by atoms with E-state index in [1.165, 1.54) is 0 Å². The second-order valence-electron chi connectivity index (χ2n) is 3.82. The van der Waals surface area contributed by atoms with Crippen molar-refractivity contribution >= 4 is 0 Å². The van der Waals surface area contributed by atoms with E-state index in [2.05, 4.69) is 18.9 Å². The van der Waals surface area contributed by atoms with E-state index in [0.29, 0.717) is 25.4 Å². The molecule has 14 heavy (non-hydrogen) atoms. The first-order valence-corrected chi connectivity index (χ1v) is 5.05. The maximum atomic E-state index is 9.52. The molecule has 0 saturated carbocycles. The third kappa shape index (κ3) is 3.12. The zero-order valence-electron chi connectivity index (χ0n) is 8.85. The molecule has 1 atom stereocenters. The number of rotatable bonds is 5. The van der Waals surface area contributed by atoms with Gasteiger partial charge in [-0.2, -0.15) is 5.10 Å². The largest absolute Gasteiger partial charge is 0.393 e. The summed E-state index contributed by atoms with van der Waals surface area (Å²) in [5.74, 6) is 0. The van der Waals surface area contributed by atoms with Gasteiger partial charge in [0, 0.05) is 18.7 Å². The van der Waals surface area contributed by atoms with Crippen LogP contribution >= 0.6 is 0 Å². The first-order chi connectivity index (χ1) is 6.63. The van der Waals surface area contributed by atoms with Crippen molar-refractivity contribution in [3.05, 3.63) is 18.0 Å². The Morgan fingerprint density at radius 3 is 2.79 bits per heavy atom. The summed E-state index contributed by atoms with van der Waals surface area (Å²) >= 11 is 0. The van der Waals surface area contributed by atoms with Gasteiger partial charge in [-0.3, -0.25) is 4.68 Å². The van der Waals surface area contributed by atoms with Crippen LogP contribution in [0, 0.1) is 0 Å². The Morgan fingerprint density at radius 1 is 1.57 bits per heavy atom. The third-order valence-electron chi connectivity index (χ3n) is 2.14. The van der Waals surface area contributed by atoms with Crippen LogP contribution < -0.4 is 5.73 Å². The summed E-state index contributed by atoms with van der Waals surface area (Å²) in [7, 11) is 0. The predicted octanol–water partition coefficient (Wildman–Crippen LogP) is 0.716. The highest BCUT2D eigenvalue weighted by Crippen LogP contribution is 2.07. The minimum absolute atomic E-state index is 0.365. The summed E-state index contributed by atoms with van der Waals surface area (Å²) in [6.45, 7) is 4.67. The molecule has 1 aromatic rings. The van der Waals surface area contributed by atoms with Gasteiger partial charge < -0.3 is 10.8 Å². The number of aliphatic hydroxyl groups is 1. The maximum Gasteiger partial charge on any atom is 0.0650 e. The summed E-state index contributed by atoms with van der Waals surface area (Å²) < 4.78 is 1.89. The molecule has 0 bridgehead atoms. The summed E-state index contributed by atoms with van der Waals surface area (Å²) in [5, 5.41) is 13.9. The lowest BCUT2D eigenvalue weighted by Crippen LogP contribution is -2.16. The molecule has 1 rings (SSSR count). The molecule has 0 fully saturated rings. The van der Waals surface area contributed by atoms with E-state index in [1.54, 1.807) is 0 Å². The van der Waals surface area contributed by atoms with Gasteiger partial charge in [-0.05, 0) is 32.9 Å². The molecular formula is C10H19N3O. The molecule has 1 heterocycles. The molecular weight excluding hydrogens is 178 g/mol. The quantitative estimate of drug-likeness (QED) is 0.731. The average molecular weight is 197 g/mol. The molecule has 1 unspecified atom stereocenters. The Kier molecular flexibility index (Phi) is 4.10. The topological polar surface area (TPSA) is 64.1 Å². The number of aromatic nitrogens is 2. The van der Waals surface area contributed by atoms with Crippen LogP contribution in [-0.4, -0.2) is 27.5 Å². The van der Waals surface area contributed by atoms with Crippen LogP contribution in [0.5, 0.6) is 0 Å². The lowest BCUT2D eigenvalue weighted by atomic mass is 10.1. The van der Waals surface area contributed by atoms with Gasteiger partial charge in [-0.25, -0.2) is 0 Å². The van der Waals surface area contributed by atoms with E-state index >= 15 is 0 Å². The highest BCUT2D eigenvalue weighted by molar-refractivity contribution is 5.01. The number of hydrogen-bond acceptors (Lipinski definition) is 3. The number of nitrogens with zero attached hydrogens (tertiary/aromatic N) is 2. The molecule has 0 spiro atoms. The molecule has 4 nitrogen and oxygen atoms in total. The van der Waals surface area contributed by atoms with Crippen molar-refractivity contribution < 1.29 is 5.11 Å². The molecule has 0 amide bonds. The molecule has 80 valence electrons. The van der Waals surface area contributed by atoms with Gasteiger partial charge in [0.05, 0.1) is 11.8 Å². The van der Waals surface area contributed by atoms with Gasteiger partial charge in [-0.15, -0.1) is 0 Å². The fraction of sp³-hybridized carbons (Fsp3) is 0.700. The molecule has 0 aliphatic rings. The highest BCUT2D eigenvalue weighted by Gasteiger charge is 2.07. The molecule has 0 radical (unpaired) electrons. The molecule has 0 aromatic carbocycles. The van der Waals surface area contributed by atoms with Crippen LogP contribution in [0.1, 0.15) is 32.0 Å². The van der Waals surface area contributed by atoms with Crippen molar-refractivity contribution in [2.24, 2.45) is 5.73 Å². The van der Waals surface area contributed by atoms with Crippen molar-refractivity contribution in [3.63, 3.8) is 0 Å². The van der Waals surface area contributed by atoms with Crippen LogP contribution in [0.15, 0.2) is 12.3 Å². The smallest absolute Gasteiger partial charge is 0.0650 e. The average Bonchev–Trinajstić information content (AvgIpc) is 2.53. The van der Waals surface area contributed by atoms with Crippen LogP contribution in [0.25, 0.3) is 0 Å². The van der Waals surface area contributed by atoms with E-state index < -0.39 is 0 Å². The minimum atomic E-state index is -0.365. The fourth-order valence-electron chi connectivity index (χ4n) is 1.31. The van der Waals surface area contributed by atoms with Gasteiger partial charge in [0.25, 0.3) is 0 Å². The number of nitrogens with two attached hydrogens (primary N) is 1. The highest BCUT2D eigenvalue weighted by atomic mass is 16.3. The van der Waals surface area contributed by atoms with Crippen LogP contribution in [0.4, 0.5) is 0 Å². The summed E-state index contributed by atoms with van der Waals surface area (Å²) in [6, 6.07) is 2.31. The monoisotopic (exact) mass is 197 g/mol. The second-order valence-corrected chi connectivity index (χ2v) is 3.82. The Labute approximate surface area is 84.7 Å². The van der Waals surface area contributed by atoms with Crippen molar-refractivity contribution in [2.75, 3.05) is 6.54 Å². The Hall–Kier alpha value is -0.870. The van der Waals surface area contributed by atoms with Gasteiger partial charge in [0.2, 0.25) is 0 Å². The Bertz CT molecular complexity index is 270. The number of hydrogen-bond donors (Lipinski definition) is 2. The van der Waals surface area contributed by atoms with E-state index in [4.69, 9.17) is 5.73 Å². The zero-order valence-corrected chi connectivity index (χ0v) is 8.85. The summed E-state index contributed by atoms with van der Waals surface area (Å²) in [4.78, 5) is 0.